The maximum Gasteiger partial charge on any atom is -0.0153 e. The summed E-state index contributed by atoms with van der Waals surface area (Å²) in [6, 6.07) is 0. The van der Waals surface area contributed by atoms with Crippen LogP contribution in [0.2, 0.25) is 0 Å². The summed E-state index contributed by atoms with van der Waals surface area (Å²) in [6.07, 6.45) is 13.8. The Morgan fingerprint density at radius 1 is 1.00 bits per heavy atom. The van der Waals surface area contributed by atoms with Crippen molar-refractivity contribution in [3.63, 3.8) is 0 Å². The molecule has 0 nitrogen and oxygen atoms in total. The van der Waals surface area contributed by atoms with Crippen LogP contribution in [-0.2, 0) is 0 Å². The molecule has 0 fully saturated rings. The molecule has 0 saturated heterocycles. The van der Waals surface area contributed by atoms with E-state index in [0.29, 0.717) is 0 Å². The van der Waals surface area contributed by atoms with Crippen molar-refractivity contribution >= 4 is 0 Å². The van der Waals surface area contributed by atoms with Gasteiger partial charge in [-0.05, 0) is 62.0 Å². The summed E-state index contributed by atoms with van der Waals surface area (Å²) in [4.78, 5) is 0. The smallest absolute Gasteiger partial charge is 0.0153 e. The number of hydrogen-bond donors (Lipinski definition) is 0. The molecule has 3 rings (SSSR count). The third kappa shape index (κ3) is 1.71. The van der Waals surface area contributed by atoms with Gasteiger partial charge in [-0.25, -0.2) is 0 Å². The second-order valence-corrected chi connectivity index (χ2v) is 5.64. The Hall–Kier alpha value is -1.04. The summed E-state index contributed by atoms with van der Waals surface area (Å²) in [6.45, 7) is 6.36. The zero-order valence-electron chi connectivity index (χ0n) is 10.1. The molecular weight excluding hydrogens is 192 g/mol. The second-order valence-electron chi connectivity index (χ2n) is 5.64. The predicted molar refractivity (Wildman–Crippen MR) is 69.1 cm³/mol. The Bertz CT molecular complexity index is 417. The van der Waals surface area contributed by atoms with E-state index < -0.39 is 0 Å². The standard InChI is InChI=1S/C16H20/c1-11-3-5-13-9-14-6-4-12(2)8-16(14)10-15(13)7-11/h7-8,10,13-14H,1,3-6,9H2,2H3. The highest BCUT2D eigenvalue weighted by Gasteiger charge is 2.29. The van der Waals surface area contributed by atoms with Gasteiger partial charge in [0.05, 0.1) is 0 Å². The average molecular weight is 212 g/mol. The highest BCUT2D eigenvalue weighted by molar-refractivity contribution is 5.43. The molecule has 0 aromatic carbocycles. The molecule has 16 heavy (non-hydrogen) atoms. The van der Waals surface area contributed by atoms with E-state index in [2.05, 4.69) is 31.7 Å². The highest BCUT2D eigenvalue weighted by Crippen LogP contribution is 2.43. The van der Waals surface area contributed by atoms with E-state index in [-0.39, 0.29) is 0 Å². The van der Waals surface area contributed by atoms with Gasteiger partial charge in [-0.1, -0.05) is 36.0 Å². The van der Waals surface area contributed by atoms with Gasteiger partial charge in [-0.3, -0.25) is 0 Å². The monoisotopic (exact) mass is 212 g/mol. The largest absolute Gasteiger partial charge is 0.0958 e. The van der Waals surface area contributed by atoms with E-state index in [4.69, 9.17) is 0 Å². The lowest BCUT2D eigenvalue weighted by atomic mass is 9.70. The van der Waals surface area contributed by atoms with Crippen molar-refractivity contribution in [1.82, 2.24) is 0 Å². The fourth-order valence-electron chi connectivity index (χ4n) is 3.36. The zero-order valence-corrected chi connectivity index (χ0v) is 10.1. The van der Waals surface area contributed by atoms with Gasteiger partial charge < -0.3 is 0 Å². The van der Waals surface area contributed by atoms with E-state index in [1.165, 1.54) is 37.7 Å². The van der Waals surface area contributed by atoms with Gasteiger partial charge in [0.15, 0.2) is 0 Å². The van der Waals surface area contributed by atoms with Crippen LogP contribution in [-0.4, -0.2) is 0 Å². The van der Waals surface area contributed by atoms with Gasteiger partial charge in [0.1, 0.15) is 0 Å². The van der Waals surface area contributed by atoms with Gasteiger partial charge >= 0.3 is 0 Å². The van der Waals surface area contributed by atoms with Crippen molar-refractivity contribution in [1.29, 1.82) is 0 Å². The molecule has 2 unspecified atom stereocenters. The molecular formula is C16H20. The molecule has 0 heterocycles. The van der Waals surface area contributed by atoms with Crippen molar-refractivity contribution in [3.05, 3.63) is 47.1 Å². The van der Waals surface area contributed by atoms with Crippen molar-refractivity contribution in [3.8, 4) is 0 Å². The lowest BCUT2D eigenvalue weighted by Crippen LogP contribution is -2.21. The molecule has 0 N–H and O–H groups in total. The summed E-state index contributed by atoms with van der Waals surface area (Å²) < 4.78 is 0. The topological polar surface area (TPSA) is 0 Å². The minimum Gasteiger partial charge on any atom is -0.0958 e. The Kier molecular flexibility index (Phi) is 2.38. The molecule has 0 heteroatoms. The van der Waals surface area contributed by atoms with E-state index in [1.807, 2.05) is 0 Å². The first-order valence-corrected chi connectivity index (χ1v) is 6.50. The summed E-state index contributed by atoms with van der Waals surface area (Å²) in [5.74, 6) is 1.67. The summed E-state index contributed by atoms with van der Waals surface area (Å²) in [7, 11) is 0. The van der Waals surface area contributed by atoms with Gasteiger partial charge in [0, 0.05) is 0 Å². The molecule has 3 aliphatic rings. The molecule has 3 aliphatic carbocycles. The average Bonchev–Trinajstić information content (AvgIpc) is 2.26. The van der Waals surface area contributed by atoms with Crippen LogP contribution in [0.5, 0.6) is 0 Å². The molecule has 2 atom stereocenters. The molecule has 0 radical (unpaired) electrons. The van der Waals surface area contributed by atoms with Crippen molar-refractivity contribution in [2.75, 3.05) is 0 Å². The van der Waals surface area contributed by atoms with Crippen LogP contribution >= 0.6 is 0 Å². The molecule has 84 valence electrons. The van der Waals surface area contributed by atoms with E-state index in [1.54, 1.807) is 16.7 Å². The Morgan fingerprint density at radius 2 is 1.69 bits per heavy atom. The summed E-state index contributed by atoms with van der Waals surface area (Å²) >= 11 is 0. The lowest BCUT2D eigenvalue weighted by Gasteiger charge is -2.35. The minimum absolute atomic E-state index is 0.825. The van der Waals surface area contributed by atoms with Gasteiger partial charge in [0.25, 0.3) is 0 Å². The zero-order chi connectivity index (χ0) is 11.1. The minimum atomic E-state index is 0.825. The van der Waals surface area contributed by atoms with Crippen LogP contribution in [0.4, 0.5) is 0 Å². The van der Waals surface area contributed by atoms with Crippen molar-refractivity contribution in [2.45, 2.75) is 39.0 Å². The SMILES string of the molecule is C=C1C=C2C=C3C=C(C)CCC3CC2CC1. The third-order valence-electron chi connectivity index (χ3n) is 4.33. The quantitative estimate of drug-likeness (QED) is 0.552. The first-order chi connectivity index (χ1) is 7.72. The normalized spacial score (nSPS) is 33.3. The Balaban J connectivity index is 1.99. The van der Waals surface area contributed by atoms with Crippen LogP contribution in [0, 0.1) is 11.8 Å². The summed E-state index contributed by atoms with van der Waals surface area (Å²) in [5, 5.41) is 0. The summed E-state index contributed by atoms with van der Waals surface area (Å²) in [5.41, 5.74) is 6.00. The highest BCUT2D eigenvalue weighted by atomic mass is 14.3. The van der Waals surface area contributed by atoms with Gasteiger partial charge in [0.2, 0.25) is 0 Å². The third-order valence-corrected chi connectivity index (χ3v) is 4.33. The number of rotatable bonds is 0. The molecule has 0 bridgehead atoms. The maximum atomic E-state index is 4.10. The van der Waals surface area contributed by atoms with Crippen LogP contribution in [0.1, 0.15) is 39.0 Å². The van der Waals surface area contributed by atoms with Crippen LogP contribution in [0.3, 0.4) is 0 Å². The molecule has 0 aromatic heterocycles. The second kappa shape index (κ2) is 3.76. The van der Waals surface area contributed by atoms with Gasteiger partial charge in [-0.2, -0.15) is 0 Å². The Morgan fingerprint density at radius 3 is 2.50 bits per heavy atom. The fraction of sp³-hybridized carbons (Fsp3) is 0.500. The molecule has 0 aliphatic heterocycles. The van der Waals surface area contributed by atoms with Crippen LogP contribution in [0.15, 0.2) is 47.1 Å². The molecule has 0 saturated carbocycles. The lowest BCUT2D eigenvalue weighted by molar-refractivity contribution is 0.390. The van der Waals surface area contributed by atoms with E-state index in [9.17, 15) is 0 Å². The molecule has 0 spiro atoms. The first-order valence-electron chi connectivity index (χ1n) is 6.50. The number of fused-ring (bicyclic) bond motifs is 2. The number of hydrogen-bond acceptors (Lipinski definition) is 0. The van der Waals surface area contributed by atoms with E-state index >= 15 is 0 Å². The van der Waals surface area contributed by atoms with Crippen LogP contribution in [0.25, 0.3) is 0 Å². The van der Waals surface area contributed by atoms with Crippen molar-refractivity contribution in [2.24, 2.45) is 11.8 Å². The predicted octanol–water partition coefficient (Wildman–Crippen LogP) is 4.57. The van der Waals surface area contributed by atoms with E-state index in [0.717, 1.165) is 11.8 Å². The van der Waals surface area contributed by atoms with Crippen molar-refractivity contribution < 1.29 is 0 Å². The molecule has 0 amide bonds. The Labute approximate surface area is 98.4 Å². The van der Waals surface area contributed by atoms with Crippen LogP contribution < -0.4 is 0 Å². The first kappa shape index (κ1) is 10.1. The van der Waals surface area contributed by atoms with Gasteiger partial charge in [-0.15, -0.1) is 0 Å². The molecule has 0 aromatic rings. The fourth-order valence-corrected chi connectivity index (χ4v) is 3.36. The maximum absolute atomic E-state index is 4.10. The number of allylic oxidation sites excluding steroid dienone is 7.